The topological polar surface area (TPSA) is 60.5 Å². The van der Waals surface area contributed by atoms with E-state index in [0.29, 0.717) is 23.8 Å². The Kier molecular flexibility index (Phi) is 3.91. The molecule has 0 radical (unpaired) electrons. The standard InChI is InChI=1S/C17H28N4O2/c1-11-6-12(8-17(2,3)7-11)21-9-13-14(18-10-21)19(4)16(23)20(5)15(13)22/h11-12,18H,6-10H2,1-5H3/p+1/t11-,12+/m1/s1. The van der Waals surface area contributed by atoms with Crippen LogP contribution in [0.3, 0.4) is 0 Å². The molecule has 0 aromatic carbocycles. The van der Waals surface area contributed by atoms with Crippen LogP contribution >= 0.6 is 0 Å². The highest BCUT2D eigenvalue weighted by Crippen LogP contribution is 2.37. The summed E-state index contributed by atoms with van der Waals surface area (Å²) in [6.07, 6.45) is 3.68. The number of quaternary nitrogens is 1. The summed E-state index contributed by atoms with van der Waals surface area (Å²) >= 11 is 0. The molecule has 23 heavy (non-hydrogen) atoms. The minimum Gasteiger partial charge on any atom is -0.324 e. The molecule has 0 amide bonds. The lowest BCUT2D eigenvalue weighted by Crippen LogP contribution is -3.16. The second-order valence-electron chi connectivity index (χ2n) is 8.33. The van der Waals surface area contributed by atoms with Crippen molar-refractivity contribution < 1.29 is 4.90 Å². The molecule has 3 atom stereocenters. The summed E-state index contributed by atoms with van der Waals surface area (Å²) in [4.78, 5) is 26.0. The molecule has 2 N–H and O–H groups in total. The molecule has 1 aliphatic carbocycles. The number of fused-ring (bicyclic) bond motifs is 1. The van der Waals surface area contributed by atoms with Crippen LogP contribution in [0.4, 0.5) is 5.82 Å². The lowest BCUT2D eigenvalue weighted by molar-refractivity contribution is -0.940. The van der Waals surface area contributed by atoms with E-state index in [1.165, 1.54) is 28.7 Å². The first kappa shape index (κ1) is 16.3. The smallest absolute Gasteiger partial charge is 0.324 e. The zero-order valence-electron chi connectivity index (χ0n) is 14.9. The highest BCUT2D eigenvalue weighted by molar-refractivity contribution is 5.43. The molecule has 1 aliphatic heterocycles. The zero-order valence-corrected chi connectivity index (χ0v) is 14.9. The predicted octanol–water partition coefficient (Wildman–Crippen LogP) is 0.0667. The maximum Gasteiger partial charge on any atom is 0.332 e. The van der Waals surface area contributed by atoms with Gasteiger partial charge >= 0.3 is 5.69 Å². The van der Waals surface area contributed by atoms with E-state index in [4.69, 9.17) is 0 Å². The third kappa shape index (κ3) is 2.84. The fourth-order valence-corrected chi connectivity index (χ4v) is 4.73. The van der Waals surface area contributed by atoms with Gasteiger partial charge < -0.3 is 10.2 Å². The van der Waals surface area contributed by atoms with Crippen LogP contribution in [-0.2, 0) is 20.6 Å². The van der Waals surface area contributed by atoms with Crippen molar-refractivity contribution in [1.29, 1.82) is 0 Å². The second kappa shape index (κ2) is 5.51. The summed E-state index contributed by atoms with van der Waals surface area (Å²) in [5.74, 6) is 1.42. The summed E-state index contributed by atoms with van der Waals surface area (Å²) in [6.45, 7) is 8.52. The number of hydrogen-bond acceptors (Lipinski definition) is 3. The van der Waals surface area contributed by atoms with Gasteiger partial charge in [0.2, 0.25) is 0 Å². The Labute approximate surface area is 137 Å². The van der Waals surface area contributed by atoms with Gasteiger partial charge in [-0.25, -0.2) is 4.79 Å². The van der Waals surface area contributed by atoms with Crippen molar-refractivity contribution in [1.82, 2.24) is 9.13 Å². The fraction of sp³-hybridized carbons (Fsp3) is 0.765. The highest BCUT2D eigenvalue weighted by atomic mass is 16.2. The van der Waals surface area contributed by atoms with Crippen LogP contribution in [0.5, 0.6) is 0 Å². The van der Waals surface area contributed by atoms with Crippen molar-refractivity contribution in [3.05, 3.63) is 26.4 Å². The fourth-order valence-electron chi connectivity index (χ4n) is 4.73. The molecule has 0 spiro atoms. The Morgan fingerprint density at radius 3 is 2.52 bits per heavy atom. The van der Waals surface area contributed by atoms with Crippen molar-refractivity contribution in [3.8, 4) is 0 Å². The molecule has 1 fully saturated rings. The third-order valence-corrected chi connectivity index (χ3v) is 5.61. The number of rotatable bonds is 1. The van der Waals surface area contributed by atoms with Crippen LogP contribution in [0.15, 0.2) is 9.59 Å². The summed E-state index contributed by atoms with van der Waals surface area (Å²) in [6, 6.07) is 0.566. The summed E-state index contributed by atoms with van der Waals surface area (Å²) in [5, 5.41) is 3.34. The minimum atomic E-state index is -0.267. The van der Waals surface area contributed by atoms with Crippen LogP contribution in [0.2, 0.25) is 0 Å². The monoisotopic (exact) mass is 321 g/mol. The third-order valence-electron chi connectivity index (χ3n) is 5.61. The van der Waals surface area contributed by atoms with Crippen LogP contribution in [0.25, 0.3) is 0 Å². The molecule has 6 nitrogen and oxygen atoms in total. The Morgan fingerprint density at radius 1 is 1.17 bits per heavy atom. The Morgan fingerprint density at radius 2 is 1.87 bits per heavy atom. The van der Waals surface area contributed by atoms with Crippen LogP contribution in [-0.4, -0.2) is 21.8 Å². The first-order valence-corrected chi connectivity index (χ1v) is 8.57. The number of nitrogens with zero attached hydrogens (tertiary/aromatic N) is 2. The van der Waals surface area contributed by atoms with E-state index in [2.05, 4.69) is 26.1 Å². The van der Waals surface area contributed by atoms with Gasteiger partial charge in [-0.1, -0.05) is 20.8 Å². The van der Waals surface area contributed by atoms with Gasteiger partial charge in [0.1, 0.15) is 17.9 Å². The van der Waals surface area contributed by atoms with Crippen molar-refractivity contribution >= 4 is 5.82 Å². The molecule has 2 aliphatic rings. The highest BCUT2D eigenvalue weighted by Gasteiger charge is 2.39. The van der Waals surface area contributed by atoms with Crippen LogP contribution in [0.1, 0.15) is 45.6 Å². The Bertz CT molecular complexity index is 731. The number of anilines is 1. The lowest BCUT2D eigenvalue weighted by atomic mass is 9.70. The van der Waals surface area contributed by atoms with Gasteiger partial charge in [0, 0.05) is 26.9 Å². The van der Waals surface area contributed by atoms with E-state index in [1.54, 1.807) is 18.7 Å². The van der Waals surface area contributed by atoms with Crippen molar-refractivity contribution in [2.75, 3.05) is 12.0 Å². The van der Waals surface area contributed by atoms with Crippen molar-refractivity contribution in [3.63, 3.8) is 0 Å². The average Bonchev–Trinajstić information content (AvgIpc) is 2.48. The van der Waals surface area contributed by atoms with Gasteiger partial charge in [-0.15, -0.1) is 0 Å². The summed E-state index contributed by atoms with van der Waals surface area (Å²) < 4.78 is 2.78. The summed E-state index contributed by atoms with van der Waals surface area (Å²) in [5.41, 5.74) is 0.685. The van der Waals surface area contributed by atoms with Crippen molar-refractivity contribution in [2.24, 2.45) is 25.4 Å². The molecular weight excluding hydrogens is 292 g/mol. The number of nitrogens with one attached hydrogen (secondary N) is 2. The first-order valence-electron chi connectivity index (χ1n) is 8.57. The summed E-state index contributed by atoms with van der Waals surface area (Å²) in [7, 11) is 3.29. The molecule has 6 heteroatoms. The molecule has 1 saturated carbocycles. The SMILES string of the molecule is C[C@@H]1C[C@H]([NH+]2CNc3c(c(=O)n(C)c(=O)n3C)C2)CC(C)(C)C1. The molecule has 0 saturated heterocycles. The molecule has 128 valence electrons. The lowest BCUT2D eigenvalue weighted by Gasteiger charge is -2.43. The zero-order chi connectivity index (χ0) is 16.9. The largest absolute Gasteiger partial charge is 0.332 e. The van der Waals surface area contributed by atoms with Gasteiger partial charge in [0.05, 0.1) is 6.04 Å². The van der Waals surface area contributed by atoms with Crippen molar-refractivity contribution in [2.45, 2.75) is 52.6 Å². The average molecular weight is 321 g/mol. The van der Waals surface area contributed by atoms with E-state index >= 15 is 0 Å². The van der Waals surface area contributed by atoms with Gasteiger partial charge in [-0.3, -0.25) is 13.9 Å². The van der Waals surface area contributed by atoms with E-state index < -0.39 is 0 Å². The molecular formula is C17H29N4O2+. The predicted molar refractivity (Wildman–Crippen MR) is 90.7 cm³/mol. The number of aromatic nitrogens is 2. The van der Waals surface area contributed by atoms with Crippen LogP contribution in [0, 0.1) is 11.3 Å². The molecule has 3 rings (SSSR count). The van der Waals surface area contributed by atoms with E-state index in [-0.39, 0.29) is 11.2 Å². The number of hydrogen-bond donors (Lipinski definition) is 2. The minimum absolute atomic E-state index is 0.157. The maximum atomic E-state index is 12.5. The molecule has 1 aromatic heterocycles. The van der Waals surface area contributed by atoms with E-state index in [9.17, 15) is 9.59 Å². The van der Waals surface area contributed by atoms with E-state index in [1.807, 2.05) is 0 Å². The van der Waals surface area contributed by atoms with Gasteiger partial charge in [-0.2, -0.15) is 0 Å². The van der Waals surface area contributed by atoms with Crippen LogP contribution < -0.4 is 21.5 Å². The maximum absolute atomic E-state index is 12.5. The molecule has 1 unspecified atom stereocenters. The second-order valence-corrected chi connectivity index (χ2v) is 8.33. The molecule has 1 aromatic rings. The Balaban J connectivity index is 1.92. The quantitative estimate of drug-likeness (QED) is 0.769. The van der Waals surface area contributed by atoms with Gasteiger partial charge in [-0.05, 0) is 17.8 Å². The van der Waals surface area contributed by atoms with Gasteiger partial charge in [0.15, 0.2) is 6.67 Å². The molecule has 0 bridgehead atoms. The Hall–Kier alpha value is -1.56. The molecule has 2 heterocycles. The first-order chi connectivity index (χ1) is 10.7. The van der Waals surface area contributed by atoms with Gasteiger partial charge in [0.25, 0.3) is 5.56 Å². The van der Waals surface area contributed by atoms with E-state index in [0.717, 1.165) is 18.2 Å². The normalized spacial score (nSPS) is 29.7.